The predicted octanol–water partition coefficient (Wildman–Crippen LogP) is 2.08. The fourth-order valence-corrected chi connectivity index (χ4v) is 0.852. The van der Waals surface area contributed by atoms with Crippen molar-refractivity contribution in [3.8, 4) is 0 Å². The van der Waals surface area contributed by atoms with E-state index in [1.807, 2.05) is 12.4 Å². The Kier molecular flexibility index (Phi) is 4.74. The van der Waals surface area contributed by atoms with E-state index in [2.05, 4.69) is 37.9 Å². The summed E-state index contributed by atoms with van der Waals surface area (Å²) in [7, 11) is 0. The first-order valence-electron chi connectivity index (χ1n) is 4.00. The van der Waals surface area contributed by atoms with Crippen molar-refractivity contribution in [3.63, 3.8) is 0 Å². The molecular weight excluding hydrogens is 166 g/mol. The minimum atomic E-state index is -0.250. The number of rotatable bonds is 0. The molecule has 72 valence electrons. The van der Waals surface area contributed by atoms with Gasteiger partial charge in [-0.3, -0.25) is 9.78 Å². The molecule has 0 amide bonds. The molecular formula is C10H15NO2. The zero-order valence-corrected chi connectivity index (χ0v) is 8.19. The summed E-state index contributed by atoms with van der Waals surface area (Å²) in [6, 6.07) is 4.11. The lowest BCUT2D eigenvalue weighted by Crippen LogP contribution is -2.10. The molecule has 0 saturated heterocycles. The van der Waals surface area contributed by atoms with Crippen LogP contribution in [0.2, 0.25) is 0 Å². The predicted molar refractivity (Wildman–Crippen MR) is 51.6 cm³/mol. The van der Waals surface area contributed by atoms with Gasteiger partial charge < -0.3 is 5.11 Å². The second-order valence-electron chi connectivity index (χ2n) is 3.59. The van der Waals surface area contributed by atoms with E-state index in [-0.39, 0.29) is 11.9 Å². The third-order valence-electron chi connectivity index (χ3n) is 1.55. The molecule has 1 N–H and O–H groups in total. The van der Waals surface area contributed by atoms with E-state index in [9.17, 15) is 0 Å². The van der Waals surface area contributed by atoms with E-state index in [0.29, 0.717) is 0 Å². The first-order chi connectivity index (χ1) is 6.02. The van der Waals surface area contributed by atoms with Gasteiger partial charge in [0.25, 0.3) is 6.47 Å². The molecule has 0 atom stereocenters. The first-order valence-corrected chi connectivity index (χ1v) is 4.00. The van der Waals surface area contributed by atoms with Gasteiger partial charge in [0.05, 0.1) is 0 Å². The highest BCUT2D eigenvalue weighted by molar-refractivity contribution is 5.32. The maximum absolute atomic E-state index is 8.36. The average Bonchev–Trinajstić information content (AvgIpc) is 2.06. The van der Waals surface area contributed by atoms with Gasteiger partial charge in [-0.1, -0.05) is 20.8 Å². The maximum atomic E-state index is 8.36. The molecule has 0 radical (unpaired) electrons. The van der Waals surface area contributed by atoms with Crippen LogP contribution in [0.1, 0.15) is 26.3 Å². The Morgan fingerprint density at radius 1 is 1.31 bits per heavy atom. The lowest BCUT2D eigenvalue weighted by molar-refractivity contribution is -0.122. The van der Waals surface area contributed by atoms with E-state index in [4.69, 9.17) is 9.90 Å². The van der Waals surface area contributed by atoms with Crippen LogP contribution in [-0.4, -0.2) is 16.6 Å². The van der Waals surface area contributed by atoms with E-state index >= 15 is 0 Å². The van der Waals surface area contributed by atoms with E-state index < -0.39 is 0 Å². The Hall–Kier alpha value is -1.38. The summed E-state index contributed by atoms with van der Waals surface area (Å²) < 4.78 is 0. The third kappa shape index (κ3) is 4.95. The molecule has 1 heterocycles. The number of carboxylic acid groups (broad SMARTS) is 1. The van der Waals surface area contributed by atoms with Gasteiger partial charge in [-0.15, -0.1) is 0 Å². The average molecular weight is 181 g/mol. The maximum Gasteiger partial charge on any atom is 0.290 e. The summed E-state index contributed by atoms with van der Waals surface area (Å²) in [6.45, 7) is 6.34. The van der Waals surface area contributed by atoms with E-state index in [1.165, 1.54) is 5.56 Å². The van der Waals surface area contributed by atoms with Gasteiger partial charge in [0, 0.05) is 12.4 Å². The number of nitrogens with zero attached hydrogens (tertiary/aromatic N) is 1. The number of pyridine rings is 1. The molecule has 0 aliphatic carbocycles. The number of hydrogen-bond acceptors (Lipinski definition) is 2. The van der Waals surface area contributed by atoms with Gasteiger partial charge in [0.15, 0.2) is 0 Å². The van der Waals surface area contributed by atoms with Gasteiger partial charge >= 0.3 is 0 Å². The molecule has 0 aliphatic heterocycles. The molecule has 0 unspecified atom stereocenters. The van der Waals surface area contributed by atoms with Crippen LogP contribution in [0.4, 0.5) is 0 Å². The molecule has 0 aliphatic rings. The molecule has 0 aromatic carbocycles. The topological polar surface area (TPSA) is 50.2 Å². The van der Waals surface area contributed by atoms with Crippen LogP contribution < -0.4 is 0 Å². The summed E-state index contributed by atoms with van der Waals surface area (Å²) in [5.74, 6) is 0. The van der Waals surface area contributed by atoms with Crippen molar-refractivity contribution in [3.05, 3.63) is 30.1 Å². The molecule has 3 nitrogen and oxygen atoms in total. The van der Waals surface area contributed by atoms with Crippen molar-refractivity contribution in [1.29, 1.82) is 0 Å². The second-order valence-corrected chi connectivity index (χ2v) is 3.59. The van der Waals surface area contributed by atoms with Gasteiger partial charge in [-0.05, 0) is 23.1 Å². The number of hydrogen-bond donors (Lipinski definition) is 1. The minimum absolute atomic E-state index is 0.250. The van der Waals surface area contributed by atoms with Crippen LogP contribution in [-0.2, 0) is 10.2 Å². The van der Waals surface area contributed by atoms with Gasteiger partial charge in [-0.2, -0.15) is 0 Å². The fraction of sp³-hybridized carbons (Fsp3) is 0.400. The van der Waals surface area contributed by atoms with E-state index in [0.717, 1.165) is 0 Å². The molecule has 0 saturated carbocycles. The van der Waals surface area contributed by atoms with Crippen LogP contribution in [0.3, 0.4) is 0 Å². The smallest absolute Gasteiger partial charge is 0.290 e. The number of aromatic nitrogens is 1. The molecule has 3 heteroatoms. The molecule has 1 aromatic rings. The Balaban J connectivity index is 0.000000424. The third-order valence-corrected chi connectivity index (χ3v) is 1.55. The highest BCUT2D eigenvalue weighted by Crippen LogP contribution is 2.20. The molecule has 0 fully saturated rings. The van der Waals surface area contributed by atoms with Crippen molar-refractivity contribution in [2.24, 2.45) is 0 Å². The molecule has 13 heavy (non-hydrogen) atoms. The fourth-order valence-electron chi connectivity index (χ4n) is 0.852. The highest BCUT2D eigenvalue weighted by Gasteiger charge is 2.11. The number of carbonyl (C=O) groups is 1. The van der Waals surface area contributed by atoms with Gasteiger partial charge in [0.1, 0.15) is 0 Å². The van der Waals surface area contributed by atoms with Crippen molar-refractivity contribution in [2.75, 3.05) is 0 Å². The van der Waals surface area contributed by atoms with Crippen molar-refractivity contribution < 1.29 is 9.90 Å². The van der Waals surface area contributed by atoms with Gasteiger partial charge in [-0.25, -0.2) is 0 Å². The Bertz CT molecular complexity index is 239. The zero-order chi connectivity index (χ0) is 10.3. The lowest BCUT2D eigenvalue weighted by atomic mass is 9.88. The standard InChI is InChI=1S/C9H13N.CH2O2/c1-9(2,3)8-4-6-10-7-5-8;2-1-3/h4-7H,1-3H3;1H,(H,2,3). The summed E-state index contributed by atoms with van der Waals surface area (Å²) in [5.41, 5.74) is 1.59. The summed E-state index contributed by atoms with van der Waals surface area (Å²) in [5, 5.41) is 6.89. The quantitative estimate of drug-likeness (QED) is 0.623. The van der Waals surface area contributed by atoms with Crippen LogP contribution in [0.25, 0.3) is 0 Å². The van der Waals surface area contributed by atoms with Crippen molar-refractivity contribution in [2.45, 2.75) is 26.2 Å². The van der Waals surface area contributed by atoms with Crippen LogP contribution >= 0.6 is 0 Å². The SMILES string of the molecule is CC(C)(C)c1ccncc1.O=CO. The van der Waals surface area contributed by atoms with Crippen LogP contribution in [0, 0.1) is 0 Å². The summed E-state index contributed by atoms with van der Waals surface area (Å²) in [6.07, 6.45) is 3.67. The molecule has 0 bridgehead atoms. The van der Waals surface area contributed by atoms with Crippen molar-refractivity contribution in [1.82, 2.24) is 4.98 Å². The minimum Gasteiger partial charge on any atom is -0.483 e. The zero-order valence-electron chi connectivity index (χ0n) is 8.19. The second kappa shape index (κ2) is 5.30. The Labute approximate surface area is 78.4 Å². The van der Waals surface area contributed by atoms with Crippen LogP contribution in [0.15, 0.2) is 24.5 Å². The molecule has 0 spiro atoms. The molecule has 1 aromatic heterocycles. The van der Waals surface area contributed by atoms with Crippen LogP contribution in [0.5, 0.6) is 0 Å². The largest absolute Gasteiger partial charge is 0.483 e. The van der Waals surface area contributed by atoms with E-state index in [1.54, 1.807) is 0 Å². The lowest BCUT2D eigenvalue weighted by Gasteiger charge is -2.17. The summed E-state index contributed by atoms with van der Waals surface area (Å²) >= 11 is 0. The van der Waals surface area contributed by atoms with Crippen molar-refractivity contribution >= 4 is 6.47 Å². The summed E-state index contributed by atoms with van der Waals surface area (Å²) in [4.78, 5) is 12.3. The normalized spacial score (nSPS) is 9.77. The Morgan fingerprint density at radius 3 is 1.92 bits per heavy atom. The first kappa shape index (κ1) is 11.6. The van der Waals surface area contributed by atoms with Gasteiger partial charge in [0.2, 0.25) is 0 Å². The molecule has 1 rings (SSSR count). The monoisotopic (exact) mass is 181 g/mol. The Morgan fingerprint density at radius 2 is 1.69 bits per heavy atom. The highest BCUT2D eigenvalue weighted by atomic mass is 16.3.